The van der Waals surface area contributed by atoms with E-state index >= 15 is 0 Å². The van der Waals surface area contributed by atoms with Crippen LogP contribution in [0.1, 0.15) is 6.42 Å². The lowest BCUT2D eigenvalue weighted by Gasteiger charge is -2.08. The quantitative estimate of drug-likeness (QED) is 0.825. The molecule has 0 spiro atoms. The molecule has 1 saturated heterocycles. The van der Waals surface area contributed by atoms with Gasteiger partial charge in [-0.05, 0) is 24.3 Å². The van der Waals surface area contributed by atoms with Crippen molar-refractivity contribution < 1.29 is 14.3 Å². The van der Waals surface area contributed by atoms with Crippen LogP contribution in [0, 0.1) is 0 Å². The summed E-state index contributed by atoms with van der Waals surface area (Å²) >= 11 is 6.08. The van der Waals surface area contributed by atoms with Crippen molar-refractivity contribution in [2.24, 2.45) is 0 Å². The van der Waals surface area contributed by atoms with Crippen molar-refractivity contribution in [1.82, 2.24) is 5.32 Å². The van der Waals surface area contributed by atoms with Gasteiger partial charge in [-0.2, -0.15) is 0 Å². The van der Waals surface area contributed by atoms with Crippen LogP contribution in [0.25, 0.3) is 0 Å². The zero-order valence-corrected chi connectivity index (χ0v) is 11.8. The average Bonchev–Trinajstić information content (AvgIpc) is 2.68. The fourth-order valence-electron chi connectivity index (χ4n) is 1.58. The van der Waals surface area contributed by atoms with Gasteiger partial charge < -0.3 is 15.4 Å². The molecule has 0 bridgehead atoms. The standard InChI is InChI=1S/C12H12N2O3S2/c1-17-8-4-2-7(3-5-8)13-10(15)6-9-11(16)14-12(18)19-9/h2-5,9H,6H2,1H3,(H,13,15)(H,14,16,18). The number of carbonyl (C=O) groups excluding carboxylic acids is 2. The van der Waals surface area contributed by atoms with Crippen LogP contribution in [0.2, 0.25) is 0 Å². The van der Waals surface area contributed by atoms with Crippen LogP contribution in [-0.4, -0.2) is 28.5 Å². The minimum Gasteiger partial charge on any atom is -0.497 e. The van der Waals surface area contributed by atoms with Gasteiger partial charge in [0.2, 0.25) is 11.8 Å². The summed E-state index contributed by atoms with van der Waals surface area (Å²) in [5, 5.41) is 4.80. The molecule has 2 N–H and O–H groups in total. The summed E-state index contributed by atoms with van der Waals surface area (Å²) in [4.78, 5) is 23.2. The number of thioether (sulfide) groups is 1. The molecule has 1 atom stereocenters. The topological polar surface area (TPSA) is 67.4 Å². The predicted octanol–water partition coefficient (Wildman–Crippen LogP) is 1.54. The SMILES string of the molecule is COc1ccc(NC(=O)CC2SC(=S)NC2=O)cc1. The summed E-state index contributed by atoms with van der Waals surface area (Å²) in [6, 6.07) is 6.98. The lowest BCUT2D eigenvalue weighted by molar-refractivity contribution is -0.122. The van der Waals surface area contributed by atoms with E-state index in [-0.39, 0.29) is 18.2 Å². The van der Waals surface area contributed by atoms with Gasteiger partial charge >= 0.3 is 0 Å². The van der Waals surface area contributed by atoms with E-state index in [0.717, 1.165) is 0 Å². The van der Waals surface area contributed by atoms with Crippen LogP contribution < -0.4 is 15.4 Å². The van der Waals surface area contributed by atoms with Crippen molar-refractivity contribution in [2.45, 2.75) is 11.7 Å². The van der Waals surface area contributed by atoms with E-state index in [0.29, 0.717) is 15.8 Å². The van der Waals surface area contributed by atoms with E-state index in [4.69, 9.17) is 17.0 Å². The van der Waals surface area contributed by atoms with Gasteiger partial charge in [0, 0.05) is 12.1 Å². The van der Waals surface area contributed by atoms with Crippen molar-refractivity contribution in [2.75, 3.05) is 12.4 Å². The summed E-state index contributed by atoms with van der Waals surface area (Å²) in [6.45, 7) is 0. The maximum absolute atomic E-state index is 11.8. The van der Waals surface area contributed by atoms with Crippen molar-refractivity contribution >= 4 is 45.8 Å². The Hall–Kier alpha value is -1.60. The molecule has 0 aromatic heterocycles. The number of anilines is 1. The van der Waals surface area contributed by atoms with Crippen LogP contribution in [0.4, 0.5) is 5.69 Å². The molecule has 100 valence electrons. The van der Waals surface area contributed by atoms with E-state index in [2.05, 4.69) is 10.6 Å². The first kappa shape index (κ1) is 13.8. The fraction of sp³-hybridized carbons (Fsp3) is 0.250. The Kier molecular flexibility index (Phi) is 4.39. The number of carbonyl (C=O) groups is 2. The molecule has 2 amide bonds. The van der Waals surface area contributed by atoms with E-state index in [1.807, 2.05) is 0 Å². The Morgan fingerprint density at radius 2 is 2.16 bits per heavy atom. The first-order valence-corrected chi connectivity index (χ1v) is 6.82. The Labute approximate surface area is 120 Å². The maximum atomic E-state index is 11.8. The van der Waals surface area contributed by atoms with E-state index in [9.17, 15) is 9.59 Å². The molecular formula is C12H12N2O3S2. The van der Waals surface area contributed by atoms with Crippen LogP contribution in [0.5, 0.6) is 5.75 Å². The molecule has 0 radical (unpaired) electrons. The van der Waals surface area contributed by atoms with E-state index in [1.165, 1.54) is 11.8 Å². The van der Waals surface area contributed by atoms with Crippen molar-refractivity contribution in [1.29, 1.82) is 0 Å². The Balaban J connectivity index is 1.90. The number of benzene rings is 1. The first-order valence-electron chi connectivity index (χ1n) is 5.54. The zero-order valence-electron chi connectivity index (χ0n) is 10.1. The summed E-state index contributed by atoms with van der Waals surface area (Å²) in [5.41, 5.74) is 0.664. The first-order chi connectivity index (χ1) is 9.08. The molecule has 1 aromatic rings. The van der Waals surface area contributed by atoms with Gasteiger partial charge in [0.15, 0.2) is 0 Å². The Morgan fingerprint density at radius 1 is 1.47 bits per heavy atom. The van der Waals surface area contributed by atoms with Gasteiger partial charge in [0.1, 0.15) is 10.1 Å². The highest BCUT2D eigenvalue weighted by atomic mass is 32.2. The molecule has 1 aromatic carbocycles. The molecule has 0 aliphatic carbocycles. The Bertz CT molecular complexity index is 516. The normalized spacial score (nSPS) is 18.1. The minimum absolute atomic E-state index is 0.0999. The monoisotopic (exact) mass is 296 g/mol. The predicted molar refractivity (Wildman–Crippen MR) is 78.4 cm³/mol. The van der Waals surface area contributed by atoms with Gasteiger partial charge in [-0.25, -0.2) is 0 Å². The summed E-state index contributed by atoms with van der Waals surface area (Å²) < 4.78 is 5.45. The summed E-state index contributed by atoms with van der Waals surface area (Å²) in [5.74, 6) is 0.288. The molecule has 1 fully saturated rings. The van der Waals surface area contributed by atoms with Gasteiger partial charge in [-0.15, -0.1) is 0 Å². The number of hydrogen-bond acceptors (Lipinski definition) is 5. The maximum Gasteiger partial charge on any atom is 0.239 e. The van der Waals surface area contributed by atoms with Gasteiger partial charge in [0.25, 0.3) is 0 Å². The molecule has 19 heavy (non-hydrogen) atoms. The third kappa shape index (κ3) is 3.68. The second kappa shape index (κ2) is 6.03. The van der Waals surface area contributed by atoms with Crippen LogP contribution >= 0.6 is 24.0 Å². The van der Waals surface area contributed by atoms with Gasteiger partial charge in [-0.3, -0.25) is 9.59 Å². The lowest BCUT2D eigenvalue weighted by Crippen LogP contribution is -2.27. The van der Waals surface area contributed by atoms with Gasteiger partial charge in [0.05, 0.1) is 12.4 Å². The molecule has 5 nitrogen and oxygen atoms in total. The lowest BCUT2D eigenvalue weighted by atomic mass is 10.2. The van der Waals surface area contributed by atoms with Gasteiger partial charge in [-0.1, -0.05) is 24.0 Å². The third-order valence-electron chi connectivity index (χ3n) is 2.51. The summed E-state index contributed by atoms with van der Waals surface area (Å²) in [7, 11) is 1.58. The average molecular weight is 296 g/mol. The number of methoxy groups -OCH3 is 1. The highest BCUT2D eigenvalue weighted by molar-refractivity contribution is 8.24. The second-order valence-electron chi connectivity index (χ2n) is 3.86. The summed E-state index contributed by atoms with van der Waals surface area (Å²) in [6.07, 6.45) is 0.0999. The van der Waals surface area contributed by atoms with Crippen molar-refractivity contribution in [3.63, 3.8) is 0 Å². The van der Waals surface area contributed by atoms with Crippen LogP contribution in [-0.2, 0) is 9.59 Å². The van der Waals surface area contributed by atoms with Crippen molar-refractivity contribution in [3.05, 3.63) is 24.3 Å². The Morgan fingerprint density at radius 3 is 2.68 bits per heavy atom. The highest BCUT2D eigenvalue weighted by Crippen LogP contribution is 2.23. The second-order valence-corrected chi connectivity index (χ2v) is 5.74. The number of thiocarbonyl (C=S) groups is 1. The minimum atomic E-state index is -0.439. The van der Waals surface area contributed by atoms with Crippen LogP contribution in [0.15, 0.2) is 24.3 Å². The molecule has 1 aliphatic heterocycles. The number of hydrogen-bond donors (Lipinski definition) is 2. The highest BCUT2D eigenvalue weighted by Gasteiger charge is 2.30. The molecule has 1 heterocycles. The number of rotatable bonds is 4. The van der Waals surface area contributed by atoms with E-state index in [1.54, 1.807) is 31.4 Å². The van der Waals surface area contributed by atoms with Crippen molar-refractivity contribution in [3.8, 4) is 5.75 Å². The fourth-order valence-corrected chi connectivity index (χ4v) is 2.85. The molecular weight excluding hydrogens is 284 g/mol. The number of ether oxygens (including phenoxy) is 1. The number of amides is 2. The largest absolute Gasteiger partial charge is 0.497 e. The zero-order chi connectivity index (χ0) is 13.8. The van der Waals surface area contributed by atoms with E-state index < -0.39 is 5.25 Å². The number of nitrogens with one attached hydrogen (secondary N) is 2. The molecule has 1 unspecified atom stereocenters. The molecule has 0 saturated carbocycles. The molecule has 7 heteroatoms. The smallest absolute Gasteiger partial charge is 0.239 e. The van der Waals surface area contributed by atoms with Crippen LogP contribution in [0.3, 0.4) is 0 Å². The molecule has 2 rings (SSSR count). The third-order valence-corrected chi connectivity index (χ3v) is 3.88. The molecule has 1 aliphatic rings.